The number of nitrogens with one attached hydrogen (secondary N) is 2. The molecule has 2 aromatic carbocycles. The summed E-state index contributed by atoms with van der Waals surface area (Å²) in [6.07, 6.45) is 0. The molecule has 0 fully saturated rings. The first-order valence-corrected chi connectivity index (χ1v) is 7.56. The molecule has 0 radical (unpaired) electrons. The standard InChI is InChI=1S/C18H14N4O2/c1-10(23)20-18-21-14-7-6-11(8-15(14)22-18)17-13-5-3-2-4-12(13)16(24)9-19-17/h2-8H,9H2,1H3,(H2,20,21,22,23). The molecule has 1 amide bonds. The van der Waals surface area contributed by atoms with Gasteiger partial charge in [-0.2, -0.15) is 0 Å². The number of hydrogen-bond donors (Lipinski definition) is 2. The Labute approximate surface area is 137 Å². The summed E-state index contributed by atoms with van der Waals surface area (Å²) >= 11 is 0. The average molecular weight is 318 g/mol. The van der Waals surface area contributed by atoms with Crippen molar-refractivity contribution >= 4 is 34.4 Å². The van der Waals surface area contributed by atoms with Crippen LogP contribution in [0.2, 0.25) is 0 Å². The van der Waals surface area contributed by atoms with Crippen LogP contribution in [-0.4, -0.2) is 33.9 Å². The van der Waals surface area contributed by atoms with E-state index < -0.39 is 0 Å². The zero-order valence-corrected chi connectivity index (χ0v) is 13.0. The molecule has 4 rings (SSSR count). The molecule has 0 bridgehead atoms. The summed E-state index contributed by atoms with van der Waals surface area (Å²) in [7, 11) is 0. The van der Waals surface area contributed by atoms with E-state index >= 15 is 0 Å². The summed E-state index contributed by atoms with van der Waals surface area (Å²) in [5.41, 5.74) is 4.79. The first kappa shape index (κ1) is 14.3. The van der Waals surface area contributed by atoms with Gasteiger partial charge in [-0.25, -0.2) is 4.98 Å². The van der Waals surface area contributed by atoms with Crippen molar-refractivity contribution in [2.45, 2.75) is 6.92 Å². The van der Waals surface area contributed by atoms with E-state index in [0.717, 1.165) is 27.9 Å². The fourth-order valence-corrected chi connectivity index (χ4v) is 2.88. The van der Waals surface area contributed by atoms with E-state index in [1.165, 1.54) is 6.92 Å². The molecule has 1 aromatic heterocycles. The quantitative estimate of drug-likeness (QED) is 0.761. The number of rotatable bonds is 2. The Morgan fingerprint density at radius 1 is 1.17 bits per heavy atom. The molecular formula is C18H14N4O2. The Bertz CT molecular complexity index is 1020. The first-order chi connectivity index (χ1) is 11.6. The molecule has 0 unspecified atom stereocenters. The molecule has 1 aliphatic rings. The molecule has 6 heteroatoms. The molecule has 0 spiro atoms. The van der Waals surface area contributed by atoms with E-state index in [4.69, 9.17) is 0 Å². The highest BCUT2D eigenvalue weighted by molar-refractivity contribution is 6.22. The summed E-state index contributed by atoms with van der Waals surface area (Å²) in [4.78, 5) is 35.0. The predicted octanol–water partition coefficient (Wildman–Crippen LogP) is 2.55. The third-order valence-electron chi connectivity index (χ3n) is 3.91. The lowest BCUT2D eigenvalue weighted by Crippen LogP contribution is -2.19. The number of carbonyl (C=O) groups is 2. The topological polar surface area (TPSA) is 87.2 Å². The van der Waals surface area contributed by atoms with Gasteiger partial charge in [-0.05, 0) is 12.1 Å². The third kappa shape index (κ3) is 2.38. The van der Waals surface area contributed by atoms with Crippen molar-refractivity contribution < 1.29 is 9.59 Å². The summed E-state index contributed by atoms with van der Waals surface area (Å²) < 4.78 is 0. The number of imidazole rings is 1. The smallest absolute Gasteiger partial charge is 0.223 e. The van der Waals surface area contributed by atoms with Crippen molar-refractivity contribution in [3.8, 4) is 0 Å². The van der Waals surface area contributed by atoms with Crippen LogP contribution in [0.3, 0.4) is 0 Å². The van der Waals surface area contributed by atoms with Gasteiger partial charge >= 0.3 is 0 Å². The van der Waals surface area contributed by atoms with E-state index in [1.807, 2.05) is 42.5 Å². The zero-order valence-electron chi connectivity index (χ0n) is 13.0. The Balaban J connectivity index is 1.79. The Kier molecular flexibility index (Phi) is 3.23. The minimum Gasteiger partial charge on any atom is -0.324 e. The monoisotopic (exact) mass is 318 g/mol. The molecule has 0 saturated carbocycles. The Morgan fingerprint density at radius 3 is 2.75 bits per heavy atom. The van der Waals surface area contributed by atoms with Gasteiger partial charge in [0.25, 0.3) is 0 Å². The number of anilines is 1. The normalized spacial score (nSPS) is 13.5. The second-order valence-electron chi connectivity index (χ2n) is 5.63. The highest BCUT2D eigenvalue weighted by Gasteiger charge is 2.21. The number of aromatic nitrogens is 2. The number of hydrogen-bond acceptors (Lipinski definition) is 4. The summed E-state index contributed by atoms with van der Waals surface area (Å²) in [5, 5.41) is 2.63. The molecule has 3 aromatic rings. The fraction of sp³-hybridized carbons (Fsp3) is 0.111. The van der Waals surface area contributed by atoms with Gasteiger partial charge in [-0.1, -0.05) is 30.3 Å². The summed E-state index contributed by atoms with van der Waals surface area (Å²) in [5.74, 6) is 0.263. The maximum atomic E-state index is 12.0. The lowest BCUT2D eigenvalue weighted by atomic mass is 9.92. The lowest BCUT2D eigenvalue weighted by Gasteiger charge is -2.16. The summed E-state index contributed by atoms with van der Waals surface area (Å²) in [6, 6.07) is 13.2. The van der Waals surface area contributed by atoms with Gasteiger partial charge in [-0.3, -0.25) is 19.9 Å². The molecule has 118 valence electrons. The van der Waals surface area contributed by atoms with Gasteiger partial charge in [0, 0.05) is 23.6 Å². The number of fused-ring (bicyclic) bond motifs is 2. The van der Waals surface area contributed by atoms with Crippen LogP contribution in [0.25, 0.3) is 11.0 Å². The maximum absolute atomic E-state index is 12.0. The van der Waals surface area contributed by atoms with Gasteiger partial charge in [0.05, 0.1) is 16.7 Å². The van der Waals surface area contributed by atoms with Crippen LogP contribution in [0, 0.1) is 0 Å². The van der Waals surface area contributed by atoms with Crippen LogP contribution >= 0.6 is 0 Å². The number of ketones is 1. The minimum atomic E-state index is -0.182. The van der Waals surface area contributed by atoms with Crippen molar-refractivity contribution in [2.75, 3.05) is 11.9 Å². The molecule has 2 N–H and O–H groups in total. The molecule has 0 atom stereocenters. The third-order valence-corrected chi connectivity index (χ3v) is 3.91. The van der Waals surface area contributed by atoms with Gasteiger partial charge in [0.2, 0.25) is 11.9 Å². The highest BCUT2D eigenvalue weighted by Crippen LogP contribution is 2.23. The van der Waals surface area contributed by atoms with Gasteiger partial charge in [0.15, 0.2) is 5.78 Å². The van der Waals surface area contributed by atoms with E-state index in [0.29, 0.717) is 11.5 Å². The Hall–Kier alpha value is -3.28. The summed E-state index contributed by atoms with van der Waals surface area (Å²) in [6.45, 7) is 1.59. The van der Waals surface area contributed by atoms with Crippen molar-refractivity contribution in [1.82, 2.24) is 9.97 Å². The number of H-pyrrole nitrogens is 1. The van der Waals surface area contributed by atoms with E-state index in [2.05, 4.69) is 20.3 Å². The first-order valence-electron chi connectivity index (χ1n) is 7.56. The number of carbonyl (C=O) groups excluding carboxylic acids is 2. The van der Waals surface area contributed by atoms with E-state index in [9.17, 15) is 9.59 Å². The predicted molar refractivity (Wildman–Crippen MR) is 91.7 cm³/mol. The number of benzene rings is 2. The molecule has 0 saturated heterocycles. The average Bonchev–Trinajstić information content (AvgIpc) is 2.96. The van der Waals surface area contributed by atoms with Crippen LogP contribution in [0.4, 0.5) is 5.95 Å². The molecule has 6 nitrogen and oxygen atoms in total. The van der Waals surface area contributed by atoms with E-state index in [1.54, 1.807) is 0 Å². The SMILES string of the molecule is CC(=O)Nc1nc2ccc(C3=NCC(=O)c4ccccc43)cc2[nH]1. The number of aromatic amines is 1. The van der Waals surface area contributed by atoms with Crippen molar-refractivity contribution in [1.29, 1.82) is 0 Å². The number of nitrogens with zero attached hydrogens (tertiary/aromatic N) is 2. The second-order valence-corrected chi connectivity index (χ2v) is 5.63. The van der Waals surface area contributed by atoms with Crippen LogP contribution < -0.4 is 5.32 Å². The van der Waals surface area contributed by atoms with Crippen LogP contribution in [0.15, 0.2) is 47.5 Å². The van der Waals surface area contributed by atoms with Crippen molar-refractivity contribution in [2.24, 2.45) is 4.99 Å². The number of amides is 1. The van der Waals surface area contributed by atoms with Crippen LogP contribution in [0.5, 0.6) is 0 Å². The molecule has 1 aliphatic heterocycles. The molecule has 0 aliphatic carbocycles. The van der Waals surface area contributed by atoms with Gasteiger partial charge < -0.3 is 4.98 Å². The van der Waals surface area contributed by atoms with Gasteiger partial charge in [-0.15, -0.1) is 0 Å². The number of aliphatic imine (C=N–C) groups is 1. The second kappa shape index (κ2) is 5.42. The van der Waals surface area contributed by atoms with Crippen molar-refractivity contribution in [3.05, 3.63) is 59.2 Å². The Morgan fingerprint density at radius 2 is 1.96 bits per heavy atom. The molecule has 2 heterocycles. The molecular weight excluding hydrogens is 304 g/mol. The maximum Gasteiger partial charge on any atom is 0.223 e. The van der Waals surface area contributed by atoms with Gasteiger partial charge in [0.1, 0.15) is 6.54 Å². The molecule has 24 heavy (non-hydrogen) atoms. The highest BCUT2D eigenvalue weighted by atomic mass is 16.1. The fourth-order valence-electron chi connectivity index (χ4n) is 2.88. The van der Waals surface area contributed by atoms with Crippen LogP contribution in [0.1, 0.15) is 28.4 Å². The largest absolute Gasteiger partial charge is 0.324 e. The van der Waals surface area contributed by atoms with E-state index in [-0.39, 0.29) is 18.2 Å². The zero-order chi connectivity index (χ0) is 16.7. The number of Topliss-reactive ketones (excluding diaryl/α,β-unsaturated/α-hetero) is 1. The minimum absolute atomic E-state index is 0.0323. The van der Waals surface area contributed by atoms with Crippen molar-refractivity contribution in [3.63, 3.8) is 0 Å². The lowest BCUT2D eigenvalue weighted by molar-refractivity contribution is -0.114. The van der Waals surface area contributed by atoms with Crippen LogP contribution in [-0.2, 0) is 4.79 Å².